The summed E-state index contributed by atoms with van der Waals surface area (Å²) in [6, 6.07) is 0. The molecular weight excluding hydrogens is 220 g/mol. The molecule has 0 spiro atoms. The summed E-state index contributed by atoms with van der Waals surface area (Å²) in [6.45, 7) is 7.66. The summed E-state index contributed by atoms with van der Waals surface area (Å²) in [6.07, 6.45) is 0.625. The van der Waals surface area contributed by atoms with Crippen molar-refractivity contribution >= 4 is 5.91 Å². The molecule has 96 valence electrons. The lowest BCUT2D eigenvalue weighted by Gasteiger charge is -2.25. The van der Waals surface area contributed by atoms with Crippen LogP contribution >= 0.6 is 0 Å². The van der Waals surface area contributed by atoms with Gasteiger partial charge in [0.1, 0.15) is 5.82 Å². The Balaban J connectivity index is 2.48. The van der Waals surface area contributed by atoms with E-state index in [1.54, 1.807) is 13.8 Å². The summed E-state index contributed by atoms with van der Waals surface area (Å²) in [5.74, 6) is 0.679. The summed E-state index contributed by atoms with van der Waals surface area (Å²) in [4.78, 5) is 15.5. The number of rotatable bonds is 5. The van der Waals surface area contributed by atoms with Crippen LogP contribution < -0.4 is 5.32 Å². The highest BCUT2D eigenvalue weighted by Gasteiger charge is 2.23. The van der Waals surface area contributed by atoms with E-state index in [1.165, 1.54) is 0 Å². The average Bonchev–Trinajstić information content (AvgIpc) is 2.59. The van der Waals surface area contributed by atoms with Gasteiger partial charge in [0.05, 0.1) is 5.60 Å². The normalized spacial score (nSPS) is 14.7. The molecule has 1 aromatic rings. The second kappa shape index (κ2) is 5.27. The number of hydrogen-bond donors (Lipinski definition) is 3. The fourth-order valence-electron chi connectivity index (χ4n) is 1.75. The Hall–Kier alpha value is -1.43. The van der Waals surface area contributed by atoms with Crippen LogP contribution in [0.15, 0.2) is 0 Å². The molecule has 1 unspecified atom stereocenters. The van der Waals surface area contributed by atoms with Gasteiger partial charge in [0.25, 0.3) is 5.91 Å². The first-order valence-corrected chi connectivity index (χ1v) is 5.70. The van der Waals surface area contributed by atoms with Gasteiger partial charge >= 0.3 is 0 Å². The van der Waals surface area contributed by atoms with E-state index in [1.807, 2.05) is 13.8 Å². The topological polar surface area (TPSA) is 90.9 Å². The number of carbonyl (C=O) groups is 1. The van der Waals surface area contributed by atoms with Gasteiger partial charge in [-0.25, -0.2) is 4.98 Å². The van der Waals surface area contributed by atoms with Gasteiger partial charge in [0.2, 0.25) is 5.82 Å². The fourth-order valence-corrected chi connectivity index (χ4v) is 1.75. The Kier molecular flexibility index (Phi) is 4.22. The maximum atomic E-state index is 11.6. The molecule has 1 aromatic heterocycles. The van der Waals surface area contributed by atoms with Crippen LogP contribution in [0.2, 0.25) is 0 Å². The van der Waals surface area contributed by atoms with Crippen LogP contribution in [-0.4, -0.2) is 38.3 Å². The van der Waals surface area contributed by atoms with Crippen molar-refractivity contribution in [1.82, 2.24) is 20.5 Å². The summed E-state index contributed by atoms with van der Waals surface area (Å²) >= 11 is 0. The predicted octanol–water partition coefficient (Wildman–Crippen LogP) is 0.640. The zero-order valence-electron chi connectivity index (χ0n) is 10.7. The Morgan fingerprint density at radius 3 is 2.71 bits per heavy atom. The first-order valence-electron chi connectivity index (χ1n) is 5.70. The van der Waals surface area contributed by atoms with E-state index in [-0.39, 0.29) is 18.3 Å². The number of aromatic nitrogens is 3. The largest absolute Gasteiger partial charge is 0.388 e. The van der Waals surface area contributed by atoms with Crippen LogP contribution in [0.25, 0.3) is 0 Å². The molecule has 0 saturated carbocycles. The summed E-state index contributed by atoms with van der Waals surface area (Å²) < 4.78 is 0. The lowest BCUT2D eigenvalue weighted by Crippen LogP contribution is -2.41. The molecule has 0 aliphatic heterocycles. The zero-order valence-corrected chi connectivity index (χ0v) is 10.7. The maximum Gasteiger partial charge on any atom is 0.291 e. The van der Waals surface area contributed by atoms with Gasteiger partial charge in [-0.05, 0) is 26.2 Å². The maximum absolute atomic E-state index is 11.6. The number of aromatic amines is 1. The third kappa shape index (κ3) is 4.52. The number of aryl methyl sites for hydroxylation is 1. The van der Waals surface area contributed by atoms with E-state index in [2.05, 4.69) is 20.5 Å². The van der Waals surface area contributed by atoms with Gasteiger partial charge < -0.3 is 10.4 Å². The predicted molar refractivity (Wildman–Crippen MR) is 63.5 cm³/mol. The van der Waals surface area contributed by atoms with E-state index in [9.17, 15) is 9.90 Å². The first kappa shape index (κ1) is 13.6. The third-order valence-electron chi connectivity index (χ3n) is 2.28. The highest BCUT2D eigenvalue weighted by Crippen LogP contribution is 2.15. The van der Waals surface area contributed by atoms with Gasteiger partial charge in [0, 0.05) is 6.54 Å². The minimum absolute atomic E-state index is 0.0999. The lowest BCUT2D eigenvalue weighted by atomic mass is 9.94. The van der Waals surface area contributed by atoms with Crippen molar-refractivity contribution < 1.29 is 9.90 Å². The second-order valence-electron chi connectivity index (χ2n) is 5.02. The van der Waals surface area contributed by atoms with Crippen molar-refractivity contribution in [3.8, 4) is 0 Å². The van der Waals surface area contributed by atoms with Gasteiger partial charge in [-0.1, -0.05) is 13.8 Å². The van der Waals surface area contributed by atoms with Gasteiger partial charge in [-0.15, -0.1) is 5.10 Å². The lowest BCUT2D eigenvalue weighted by molar-refractivity contribution is 0.0366. The molecule has 0 bridgehead atoms. The average molecular weight is 240 g/mol. The Bertz CT molecular complexity index is 385. The number of nitrogens with zero attached hydrogens (tertiary/aromatic N) is 2. The van der Waals surface area contributed by atoms with Crippen LogP contribution in [0.1, 0.15) is 43.6 Å². The molecule has 6 nitrogen and oxygen atoms in total. The Labute approximate surface area is 101 Å². The molecule has 1 amide bonds. The quantitative estimate of drug-likeness (QED) is 0.704. The summed E-state index contributed by atoms with van der Waals surface area (Å²) in [7, 11) is 0. The molecule has 0 radical (unpaired) electrons. The van der Waals surface area contributed by atoms with E-state index in [4.69, 9.17) is 0 Å². The standard InChI is InChI=1S/C11H20N4O2/c1-7(2)5-11(4,17)6-12-10(16)9-13-8(3)14-15-9/h7,17H,5-6H2,1-4H3,(H,12,16)(H,13,14,15). The van der Waals surface area contributed by atoms with Crippen molar-refractivity contribution in [2.45, 2.75) is 39.7 Å². The highest BCUT2D eigenvalue weighted by molar-refractivity contribution is 5.90. The molecule has 1 rings (SSSR count). The Morgan fingerprint density at radius 2 is 2.24 bits per heavy atom. The van der Waals surface area contributed by atoms with Crippen molar-refractivity contribution in [3.63, 3.8) is 0 Å². The third-order valence-corrected chi connectivity index (χ3v) is 2.28. The Morgan fingerprint density at radius 1 is 1.59 bits per heavy atom. The molecule has 0 aliphatic rings. The van der Waals surface area contributed by atoms with Crippen LogP contribution in [0.3, 0.4) is 0 Å². The molecule has 1 atom stereocenters. The minimum Gasteiger partial charge on any atom is -0.388 e. The van der Waals surface area contributed by atoms with Crippen LogP contribution in [0.5, 0.6) is 0 Å². The van der Waals surface area contributed by atoms with E-state index < -0.39 is 5.60 Å². The smallest absolute Gasteiger partial charge is 0.291 e. The number of hydrogen-bond acceptors (Lipinski definition) is 4. The van der Waals surface area contributed by atoms with Gasteiger partial charge in [-0.3, -0.25) is 9.89 Å². The second-order valence-corrected chi connectivity index (χ2v) is 5.02. The van der Waals surface area contributed by atoms with Crippen molar-refractivity contribution in [1.29, 1.82) is 0 Å². The van der Waals surface area contributed by atoms with Gasteiger partial charge in [0.15, 0.2) is 0 Å². The first-order chi connectivity index (χ1) is 7.80. The summed E-state index contributed by atoms with van der Waals surface area (Å²) in [5, 5.41) is 19.0. The SMILES string of the molecule is Cc1nc(C(=O)NCC(C)(O)CC(C)C)n[nH]1. The molecule has 0 aliphatic carbocycles. The highest BCUT2D eigenvalue weighted by atomic mass is 16.3. The van der Waals surface area contributed by atoms with Crippen LogP contribution in [0.4, 0.5) is 0 Å². The molecule has 3 N–H and O–H groups in total. The molecule has 0 fully saturated rings. The number of aliphatic hydroxyl groups is 1. The molecular formula is C11H20N4O2. The van der Waals surface area contributed by atoms with Crippen LogP contribution in [0, 0.1) is 12.8 Å². The van der Waals surface area contributed by atoms with E-state index in [0.717, 1.165) is 0 Å². The monoisotopic (exact) mass is 240 g/mol. The molecule has 6 heteroatoms. The van der Waals surface area contributed by atoms with E-state index >= 15 is 0 Å². The molecule has 0 saturated heterocycles. The number of nitrogens with one attached hydrogen (secondary N) is 2. The molecule has 0 aromatic carbocycles. The molecule has 1 heterocycles. The number of amides is 1. The van der Waals surface area contributed by atoms with Crippen molar-refractivity contribution in [2.24, 2.45) is 5.92 Å². The van der Waals surface area contributed by atoms with Crippen molar-refractivity contribution in [3.05, 3.63) is 11.6 Å². The zero-order chi connectivity index (χ0) is 13.1. The van der Waals surface area contributed by atoms with Crippen LogP contribution in [-0.2, 0) is 0 Å². The van der Waals surface area contributed by atoms with Crippen molar-refractivity contribution in [2.75, 3.05) is 6.54 Å². The summed E-state index contributed by atoms with van der Waals surface area (Å²) in [5.41, 5.74) is -0.908. The van der Waals surface area contributed by atoms with E-state index in [0.29, 0.717) is 18.2 Å². The minimum atomic E-state index is -0.908. The number of H-pyrrole nitrogens is 1. The van der Waals surface area contributed by atoms with Gasteiger partial charge in [-0.2, -0.15) is 0 Å². The fraction of sp³-hybridized carbons (Fsp3) is 0.727. The molecule has 17 heavy (non-hydrogen) atoms. The number of carbonyl (C=O) groups excluding carboxylic acids is 1.